The van der Waals surface area contributed by atoms with Crippen LogP contribution < -0.4 is 10.6 Å². The summed E-state index contributed by atoms with van der Waals surface area (Å²) in [6, 6.07) is 16.2. The van der Waals surface area contributed by atoms with Gasteiger partial charge in [0.2, 0.25) is 0 Å². The van der Waals surface area contributed by atoms with E-state index in [1.165, 1.54) is 0 Å². The Balaban J connectivity index is 1.92. The molecule has 5 heteroatoms. The first-order valence-corrected chi connectivity index (χ1v) is 8.44. The largest absolute Gasteiger partial charge is 0.398 e. The van der Waals surface area contributed by atoms with Crippen LogP contribution in [0, 0.1) is 11.3 Å². The van der Waals surface area contributed by atoms with Crippen molar-refractivity contribution >= 4 is 23.0 Å². The topological polar surface area (TPSA) is 56.3 Å². The zero-order valence-corrected chi connectivity index (χ0v) is 14.5. The fourth-order valence-electron chi connectivity index (χ4n) is 3.23. The van der Waals surface area contributed by atoms with Crippen LogP contribution in [-0.2, 0) is 6.54 Å². The van der Waals surface area contributed by atoms with Crippen molar-refractivity contribution in [1.82, 2.24) is 4.90 Å². The van der Waals surface area contributed by atoms with Gasteiger partial charge < -0.3 is 15.5 Å². The summed E-state index contributed by atoms with van der Waals surface area (Å²) in [5, 5.41) is 9.70. The Morgan fingerprint density at radius 3 is 2.83 bits per heavy atom. The minimum absolute atomic E-state index is 0.417. The molecule has 2 N–H and O–H groups in total. The normalized spacial score (nSPS) is 17.6. The van der Waals surface area contributed by atoms with Crippen LogP contribution in [0.3, 0.4) is 0 Å². The molecule has 1 saturated heterocycles. The molecule has 1 heterocycles. The third-order valence-corrected chi connectivity index (χ3v) is 4.86. The molecule has 0 spiro atoms. The van der Waals surface area contributed by atoms with Crippen LogP contribution in [-0.4, -0.2) is 31.1 Å². The van der Waals surface area contributed by atoms with Crippen LogP contribution in [0.1, 0.15) is 17.5 Å². The number of halogens is 1. The SMILES string of the molecule is CN1CC[C@H](N(Cc2cccc(C#N)c2)c2ccc(N)c(Cl)c2)C1. The number of rotatable bonds is 4. The molecule has 1 fully saturated rings. The zero-order chi connectivity index (χ0) is 17.1. The zero-order valence-electron chi connectivity index (χ0n) is 13.7. The van der Waals surface area contributed by atoms with Gasteiger partial charge in [-0.1, -0.05) is 23.7 Å². The van der Waals surface area contributed by atoms with Crippen LogP contribution >= 0.6 is 11.6 Å². The van der Waals surface area contributed by atoms with Gasteiger partial charge in [-0.2, -0.15) is 5.26 Å². The van der Waals surface area contributed by atoms with Crippen molar-refractivity contribution < 1.29 is 0 Å². The molecule has 0 unspecified atom stereocenters. The van der Waals surface area contributed by atoms with Gasteiger partial charge in [0.25, 0.3) is 0 Å². The van der Waals surface area contributed by atoms with Crippen molar-refractivity contribution in [2.75, 3.05) is 30.8 Å². The van der Waals surface area contributed by atoms with Crippen molar-refractivity contribution in [3.05, 3.63) is 58.6 Å². The fourth-order valence-corrected chi connectivity index (χ4v) is 3.40. The summed E-state index contributed by atoms with van der Waals surface area (Å²) in [6.07, 6.45) is 1.11. The van der Waals surface area contributed by atoms with E-state index in [-0.39, 0.29) is 0 Å². The number of likely N-dealkylation sites (N-methyl/N-ethyl adjacent to an activating group) is 1. The van der Waals surface area contributed by atoms with Crippen molar-refractivity contribution in [2.45, 2.75) is 19.0 Å². The molecule has 0 amide bonds. The Kier molecular flexibility index (Phi) is 4.94. The number of hydrogen-bond donors (Lipinski definition) is 1. The number of nitriles is 1. The van der Waals surface area contributed by atoms with Crippen molar-refractivity contribution in [1.29, 1.82) is 5.26 Å². The number of likely N-dealkylation sites (tertiary alicyclic amines) is 1. The molecule has 0 radical (unpaired) electrons. The Morgan fingerprint density at radius 1 is 1.33 bits per heavy atom. The van der Waals surface area contributed by atoms with E-state index in [1.54, 1.807) is 0 Å². The monoisotopic (exact) mass is 340 g/mol. The number of benzene rings is 2. The maximum Gasteiger partial charge on any atom is 0.0991 e. The molecular formula is C19H21ClN4. The molecule has 0 bridgehead atoms. The molecule has 1 aliphatic heterocycles. The standard InChI is InChI=1S/C19H21ClN4/c1-23-8-7-17(13-23)24(16-5-6-19(22)18(20)10-16)12-15-4-2-3-14(9-15)11-21/h2-6,9-10,17H,7-8,12-13,22H2,1H3/t17-/m0/s1. The number of nitrogens with zero attached hydrogens (tertiary/aromatic N) is 3. The van der Waals surface area contributed by atoms with Gasteiger partial charge in [-0.15, -0.1) is 0 Å². The van der Waals surface area contributed by atoms with Gasteiger partial charge in [0.15, 0.2) is 0 Å². The first-order chi connectivity index (χ1) is 11.6. The average molecular weight is 341 g/mol. The van der Waals surface area contributed by atoms with E-state index < -0.39 is 0 Å². The first-order valence-electron chi connectivity index (χ1n) is 8.06. The van der Waals surface area contributed by atoms with Gasteiger partial charge in [0.05, 0.1) is 22.3 Å². The predicted molar refractivity (Wildman–Crippen MR) is 99.1 cm³/mol. The second-order valence-electron chi connectivity index (χ2n) is 6.35. The summed E-state index contributed by atoms with van der Waals surface area (Å²) >= 11 is 6.24. The maximum atomic E-state index is 9.12. The van der Waals surface area contributed by atoms with E-state index in [9.17, 15) is 0 Å². The fraction of sp³-hybridized carbons (Fsp3) is 0.316. The number of anilines is 2. The average Bonchev–Trinajstić information content (AvgIpc) is 3.01. The van der Waals surface area contributed by atoms with Gasteiger partial charge in [0.1, 0.15) is 0 Å². The number of hydrogen-bond acceptors (Lipinski definition) is 4. The van der Waals surface area contributed by atoms with Crippen LogP contribution in [0.2, 0.25) is 5.02 Å². The van der Waals surface area contributed by atoms with Gasteiger partial charge >= 0.3 is 0 Å². The first kappa shape index (κ1) is 16.6. The summed E-state index contributed by atoms with van der Waals surface area (Å²) in [4.78, 5) is 4.70. The third-order valence-electron chi connectivity index (χ3n) is 4.53. The number of nitrogen functional groups attached to an aromatic ring is 1. The lowest BCUT2D eigenvalue weighted by molar-refractivity contribution is 0.407. The van der Waals surface area contributed by atoms with Crippen LogP contribution in [0.4, 0.5) is 11.4 Å². The van der Waals surface area contributed by atoms with Crippen molar-refractivity contribution in [3.63, 3.8) is 0 Å². The Labute approximate surface area is 148 Å². The Hall–Kier alpha value is -2.22. The lowest BCUT2D eigenvalue weighted by Gasteiger charge is -2.31. The smallest absolute Gasteiger partial charge is 0.0991 e. The summed E-state index contributed by atoms with van der Waals surface area (Å²) in [7, 11) is 2.14. The van der Waals surface area contributed by atoms with Gasteiger partial charge in [-0.25, -0.2) is 0 Å². The van der Waals surface area contributed by atoms with E-state index in [0.717, 1.165) is 37.3 Å². The van der Waals surface area contributed by atoms with Crippen molar-refractivity contribution in [2.24, 2.45) is 0 Å². The summed E-state index contributed by atoms with van der Waals surface area (Å²) < 4.78 is 0. The minimum Gasteiger partial charge on any atom is -0.398 e. The van der Waals surface area contributed by atoms with Gasteiger partial charge in [0, 0.05) is 24.8 Å². The van der Waals surface area contributed by atoms with Crippen LogP contribution in [0.5, 0.6) is 0 Å². The highest BCUT2D eigenvalue weighted by Crippen LogP contribution is 2.30. The molecule has 1 atom stereocenters. The summed E-state index contributed by atoms with van der Waals surface area (Å²) in [5.74, 6) is 0. The van der Waals surface area contributed by atoms with Gasteiger partial charge in [-0.3, -0.25) is 0 Å². The highest BCUT2D eigenvalue weighted by atomic mass is 35.5. The molecule has 4 nitrogen and oxygen atoms in total. The Morgan fingerprint density at radius 2 is 2.17 bits per heavy atom. The molecule has 124 valence electrons. The quantitative estimate of drug-likeness (QED) is 0.865. The second kappa shape index (κ2) is 7.12. The maximum absolute atomic E-state index is 9.12. The second-order valence-corrected chi connectivity index (χ2v) is 6.76. The molecule has 0 aliphatic carbocycles. The predicted octanol–water partition coefficient (Wildman–Crippen LogP) is 3.50. The lowest BCUT2D eigenvalue weighted by Crippen LogP contribution is -2.36. The number of nitrogens with two attached hydrogens (primary N) is 1. The van der Waals surface area contributed by atoms with E-state index >= 15 is 0 Å². The summed E-state index contributed by atoms with van der Waals surface area (Å²) in [5.41, 5.74) is 9.33. The molecular weight excluding hydrogens is 320 g/mol. The molecule has 0 saturated carbocycles. The van der Waals surface area contributed by atoms with E-state index in [2.05, 4.69) is 29.0 Å². The molecule has 2 aromatic rings. The molecule has 2 aromatic carbocycles. The Bertz CT molecular complexity index is 768. The lowest BCUT2D eigenvalue weighted by atomic mass is 10.1. The molecule has 24 heavy (non-hydrogen) atoms. The van der Waals surface area contributed by atoms with Crippen LogP contribution in [0.25, 0.3) is 0 Å². The third kappa shape index (κ3) is 3.64. The summed E-state index contributed by atoms with van der Waals surface area (Å²) in [6.45, 7) is 2.84. The highest BCUT2D eigenvalue weighted by molar-refractivity contribution is 6.33. The molecule has 3 rings (SSSR count). The van der Waals surface area contributed by atoms with Crippen molar-refractivity contribution in [3.8, 4) is 6.07 Å². The van der Waals surface area contributed by atoms with E-state index in [1.807, 2.05) is 36.4 Å². The van der Waals surface area contributed by atoms with E-state index in [0.29, 0.717) is 22.3 Å². The molecule has 1 aliphatic rings. The molecule has 0 aromatic heterocycles. The minimum atomic E-state index is 0.417. The highest BCUT2D eigenvalue weighted by Gasteiger charge is 2.26. The van der Waals surface area contributed by atoms with Crippen LogP contribution in [0.15, 0.2) is 42.5 Å². The van der Waals surface area contributed by atoms with E-state index in [4.69, 9.17) is 22.6 Å². The van der Waals surface area contributed by atoms with Gasteiger partial charge in [-0.05, 0) is 55.9 Å².